The molecule has 0 saturated carbocycles. The number of carbonyl (C=O) groups is 2. The Morgan fingerprint density at radius 2 is 1.09 bits per heavy atom. The zero-order valence-corrected chi connectivity index (χ0v) is 37.8. The Kier molecular flexibility index (Phi) is 15.9. The molecule has 314 valence electrons. The van der Waals surface area contributed by atoms with Gasteiger partial charge in [0.25, 0.3) is 37.3 Å². The molecule has 0 aliphatic heterocycles. The summed E-state index contributed by atoms with van der Waals surface area (Å²) in [6.45, 7) is 0. The second-order valence-electron chi connectivity index (χ2n) is 12.1. The van der Waals surface area contributed by atoms with Gasteiger partial charge >= 0.3 is 59.1 Å². The van der Waals surface area contributed by atoms with E-state index < -0.39 is 102 Å². The van der Waals surface area contributed by atoms with Gasteiger partial charge in [-0.2, -0.15) is 27.1 Å². The summed E-state index contributed by atoms with van der Waals surface area (Å²) in [5, 5.41) is 66.9. The summed E-state index contributed by atoms with van der Waals surface area (Å²) < 4.78 is 69.4. The van der Waals surface area contributed by atoms with E-state index in [1.165, 1.54) is 12.1 Å². The van der Waals surface area contributed by atoms with Crippen molar-refractivity contribution in [3.63, 3.8) is 0 Å². The molecule has 3 N–H and O–H groups in total. The largest absolute Gasteiger partial charge is 1.00 e. The molecule has 6 rings (SSSR count). The molecule has 30 heteroatoms. The number of aliphatic hydroxyl groups is 1. The van der Waals surface area contributed by atoms with Crippen LogP contribution in [0.15, 0.2) is 149 Å². The molecule has 0 atom stereocenters. The van der Waals surface area contributed by atoms with Gasteiger partial charge in [-0.05, 0) is 48.0 Å². The van der Waals surface area contributed by atoms with Crippen LogP contribution < -0.4 is 59.1 Å². The Morgan fingerprint density at radius 1 is 0.594 bits per heavy atom. The van der Waals surface area contributed by atoms with Gasteiger partial charge in [0, 0.05) is 42.0 Å². The van der Waals surface area contributed by atoms with Crippen molar-refractivity contribution in [1.82, 2.24) is 0 Å². The molecule has 0 fully saturated rings. The average Bonchev–Trinajstić information content (AvgIpc) is 3.22. The maximum atomic E-state index is 14.0. The van der Waals surface area contributed by atoms with Crippen LogP contribution in [-0.2, 0) is 25.0 Å². The van der Waals surface area contributed by atoms with Gasteiger partial charge in [0.1, 0.15) is 16.3 Å². The van der Waals surface area contributed by atoms with E-state index in [4.69, 9.17) is 0 Å². The molecular formula is C34H19N11Na2O15S2. The van der Waals surface area contributed by atoms with E-state index in [0.29, 0.717) is 18.2 Å². The fraction of sp³-hybridized carbons (Fsp3) is 0. The number of allylic oxidation sites excluding steroid dienone is 3. The van der Waals surface area contributed by atoms with E-state index in [0.717, 1.165) is 66.7 Å². The van der Waals surface area contributed by atoms with E-state index in [-0.39, 0.29) is 93.2 Å². The Balaban J connectivity index is 0.00000449. The molecule has 0 saturated heterocycles. The fourth-order valence-corrected chi connectivity index (χ4v) is 6.35. The molecule has 0 spiro atoms. The van der Waals surface area contributed by atoms with Crippen molar-refractivity contribution in [2.75, 3.05) is 0 Å². The second-order valence-corrected chi connectivity index (χ2v) is 14.9. The first-order valence-corrected chi connectivity index (χ1v) is 19.3. The zero-order valence-electron chi connectivity index (χ0n) is 32.2. The van der Waals surface area contributed by atoms with E-state index in [1.54, 1.807) is 0 Å². The molecule has 2 aliphatic carbocycles. The van der Waals surface area contributed by atoms with Crippen LogP contribution in [0, 0.1) is 30.3 Å². The average molecular weight is 932 g/mol. The maximum Gasteiger partial charge on any atom is 1.00 e. The number of nitro benzene ring substituents is 3. The van der Waals surface area contributed by atoms with Gasteiger partial charge in [-0.3, -0.25) is 49.0 Å². The SMILES string of the molecule is O=C1C(=N[N-]c2cc(S(=O)(=O)O)cc3c2C(=O)C(=N[N-]c2ccc([N+](=O)[O-])cc2)C(S(=O)(=O)O)=C3)C=C(N=Nc2ccc([N+](=O)[O-])cc2)C(O)=C1N=Nc1ccc([N+](=O)[O-])cc1.[Na+].[Na+]. The first-order valence-electron chi connectivity index (χ1n) is 16.5. The number of hydrogen-bond donors (Lipinski definition) is 3. The van der Waals surface area contributed by atoms with Crippen molar-refractivity contribution in [2.45, 2.75) is 4.90 Å². The number of Topliss-reactive ketones (excluding diaryl/α,β-unsaturated/α-hetero) is 2. The van der Waals surface area contributed by atoms with Crippen molar-refractivity contribution in [3.8, 4) is 0 Å². The Morgan fingerprint density at radius 3 is 1.58 bits per heavy atom. The second kappa shape index (κ2) is 20.3. The number of rotatable bonds is 13. The van der Waals surface area contributed by atoms with Gasteiger partial charge in [0.2, 0.25) is 11.6 Å². The Hall–Kier alpha value is -6.60. The third-order valence-electron chi connectivity index (χ3n) is 8.10. The first kappa shape index (κ1) is 50.0. The minimum absolute atomic E-state index is 0. The number of carbonyl (C=O) groups excluding carboxylic acids is 2. The molecule has 0 radical (unpaired) electrons. The molecule has 4 aromatic carbocycles. The smallest absolute Gasteiger partial charge is 0.575 e. The van der Waals surface area contributed by atoms with Gasteiger partial charge in [-0.25, -0.2) is 0 Å². The minimum Gasteiger partial charge on any atom is -0.575 e. The van der Waals surface area contributed by atoms with Crippen LogP contribution >= 0.6 is 0 Å². The zero-order chi connectivity index (χ0) is 45.1. The number of hydrogen-bond acceptors (Lipinski definition) is 19. The topological polar surface area (TPSA) is 395 Å². The van der Waals surface area contributed by atoms with Gasteiger partial charge < -0.3 is 26.2 Å². The molecular weight excluding hydrogens is 913 g/mol. The molecule has 4 aromatic rings. The van der Waals surface area contributed by atoms with Gasteiger partial charge in [-0.15, -0.1) is 21.6 Å². The monoisotopic (exact) mass is 931 g/mol. The molecule has 0 unspecified atom stereocenters. The van der Waals surface area contributed by atoms with Gasteiger partial charge in [-0.1, -0.05) is 18.2 Å². The van der Waals surface area contributed by atoms with Crippen LogP contribution in [0.1, 0.15) is 15.9 Å². The van der Waals surface area contributed by atoms with Crippen LogP contribution in [0.3, 0.4) is 0 Å². The predicted molar refractivity (Wildman–Crippen MR) is 212 cm³/mol. The summed E-state index contributed by atoms with van der Waals surface area (Å²) >= 11 is 0. The number of aliphatic hydroxyl groups excluding tert-OH is 1. The standard InChI is InChI=1S/C34H21N11O15S2.2Na/c46-32-26(39-35-18-1-7-21(8-2-18)43(49)50)16-27(33(47)31(32)42-37-20-5-11-23(12-6-20)45(53)54)40-38-25-15-24(61(55,56)57)13-17-14-28(62(58,59)60)30(34(48)29(17)25)41-36-19-3-9-22(10-4-19)44(51)52;;/h1-16H,(H5,35,36,37,38,46,47,48,55,56,57,58,59,60);;/q;2*+1/p-2. The number of ketones is 2. The number of nitro groups is 3. The van der Waals surface area contributed by atoms with E-state index in [9.17, 15) is 71.0 Å². The first-order chi connectivity index (χ1) is 29.2. The maximum absolute atomic E-state index is 14.0. The number of benzene rings is 4. The summed E-state index contributed by atoms with van der Waals surface area (Å²) in [6.07, 6.45) is 1.39. The van der Waals surface area contributed by atoms with Crippen molar-refractivity contribution in [3.05, 3.63) is 165 Å². The Bertz CT molecular complexity index is 3080. The summed E-state index contributed by atoms with van der Waals surface area (Å²) in [4.78, 5) is 56.6. The van der Waals surface area contributed by atoms with E-state index in [1.807, 2.05) is 0 Å². The predicted octanol–water partition coefficient (Wildman–Crippen LogP) is 1.32. The third-order valence-corrected chi connectivity index (χ3v) is 9.80. The molecule has 0 aromatic heterocycles. The molecule has 0 amide bonds. The number of azo groups is 2. The molecule has 26 nitrogen and oxygen atoms in total. The minimum atomic E-state index is -5.34. The van der Waals surface area contributed by atoms with Gasteiger partial charge in [0.05, 0.1) is 36.8 Å². The van der Waals surface area contributed by atoms with Crippen LogP contribution in [-0.4, -0.2) is 68.8 Å². The number of non-ortho nitro benzene ring substituents is 3. The van der Waals surface area contributed by atoms with Crippen molar-refractivity contribution in [2.24, 2.45) is 30.7 Å². The fourth-order valence-electron chi connectivity index (χ4n) is 5.16. The van der Waals surface area contributed by atoms with Gasteiger partial charge in [0.15, 0.2) is 11.5 Å². The van der Waals surface area contributed by atoms with E-state index in [2.05, 4.69) is 41.5 Å². The van der Waals surface area contributed by atoms with E-state index >= 15 is 0 Å². The summed E-state index contributed by atoms with van der Waals surface area (Å²) in [5.41, 5.74) is 1.18. The van der Waals surface area contributed by atoms with Crippen molar-refractivity contribution in [1.29, 1.82) is 0 Å². The normalized spacial score (nSPS) is 15.3. The van der Waals surface area contributed by atoms with Crippen LogP contribution in [0.25, 0.3) is 16.9 Å². The Labute approximate surface area is 401 Å². The molecule has 0 bridgehead atoms. The van der Waals surface area contributed by atoms with Crippen LogP contribution in [0.2, 0.25) is 0 Å². The summed E-state index contributed by atoms with van der Waals surface area (Å²) in [5.74, 6) is -3.57. The third kappa shape index (κ3) is 11.5. The molecule has 0 heterocycles. The number of nitrogens with zero attached hydrogens (tertiary/aromatic N) is 11. The summed E-state index contributed by atoms with van der Waals surface area (Å²) in [7, 11) is -10.5. The van der Waals surface area contributed by atoms with Crippen LogP contribution in [0.4, 0.5) is 39.8 Å². The van der Waals surface area contributed by atoms with Crippen LogP contribution in [0.5, 0.6) is 0 Å². The molecule has 64 heavy (non-hydrogen) atoms. The summed E-state index contributed by atoms with van der Waals surface area (Å²) in [6, 6.07) is 14.5. The quantitative estimate of drug-likeness (QED) is 0.0425. The molecule has 2 aliphatic rings. The van der Waals surface area contributed by atoms with Crippen molar-refractivity contribution >= 4 is 89.1 Å². The van der Waals surface area contributed by atoms with Crippen molar-refractivity contribution < 1.29 is 115 Å². The number of fused-ring (bicyclic) bond motifs is 1.